The average molecular weight is 477 g/mol. The Labute approximate surface area is 199 Å². The lowest BCUT2D eigenvalue weighted by Crippen LogP contribution is -2.20. The number of rotatable bonds is 8. The number of carbonyl (C=O) groups is 1. The van der Waals surface area contributed by atoms with Crippen molar-refractivity contribution in [2.24, 2.45) is 0 Å². The van der Waals surface area contributed by atoms with Gasteiger partial charge in [-0.25, -0.2) is 19.2 Å². The van der Waals surface area contributed by atoms with Crippen molar-refractivity contribution in [3.05, 3.63) is 117 Å². The molecule has 2 aromatic heterocycles. The van der Waals surface area contributed by atoms with Gasteiger partial charge in [0.15, 0.2) is 5.16 Å². The Balaban J connectivity index is 1.66. The largest absolute Gasteiger partial charge is 0.465 e. The molecule has 0 spiro atoms. The van der Waals surface area contributed by atoms with Gasteiger partial charge in [0.05, 0.1) is 12.7 Å². The van der Waals surface area contributed by atoms with Crippen molar-refractivity contribution < 1.29 is 13.9 Å². The summed E-state index contributed by atoms with van der Waals surface area (Å²) in [6, 6.07) is 13.3. The summed E-state index contributed by atoms with van der Waals surface area (Å²) in [5.41, 5.74) is 3.18. The number of thioether (sulfide) groups is 1. The molecule has 4 rings (SSSR count). The van der Waals surface area contributed by atoms with Crippen molar-refractivity contribution in [3.8, 4) is 0 Å². The zero-order chi connectivity index (χ0) is 23.9. The Morgan fingerprint density at radius 2 is 1.82 bits per heavy atom. The maximum Gasteiger partial charge on any atom is 0.337 e. The Kier molecular flexibility index (Phi) is 7.44. The summed E-state index contributed by atoms with van der Waals surface area (Å²) < 4.78 is 19.9. The minimum atomic E-state index is -0.421. The maximum atomic E-state index is 13.2. The van der Waals surface area contributed by atoms with Gasteiger partial charge < -0.3 is 9.30 Å². The predicted octanol–water partition coefficient (Wildman–Crippen LogP) is 3.89. The molecule has 172 valence electrons. The van der Waals surface area contributed by atoms with Crippen LogP contribution in [0.5, 0.6) is 0 Å². The van der Waals surface area contributed by atoms with Crippen LogP contribution in [0.2, 0.25) is 0 Å². The third kappa shape index (κ3) is 5.93. The highest BCUT2D eigenvalue weighted by Gasteiger charge is 2.13. The van der Waals surface area contributed by atoms with Crippen LogP contribution in [-0.2, 0) is 23.5 Å². The van der Waals surface area contributed by atoms with Gasteiger partial charge in [-0.15, -0.1) is 0 Å². The summed E-state index contributed by atoms with van der Waals surface area (Å²) in [7, 11) is 1.34. The van der Waals surface area contributed by atoms with Crippen molar-refractivity contribution >= 4 is 17.7 Å². The summed E-state index contributed by atoms with van der Waals surface area (Å²) in [4.78, 5) is 37.1. The highest BCUT2D eigenvalue weighted by atomic mass is 32.2. The molecule has 0 amide bonds. The number of hydrogen-bond donors (Lipinski definition) is 0. The Morgan fingerprint density at radius 1 is 1.06 bits per heavy atom. The van der Waals surface area contributed by atoms with Crippen LogP contribution in [0, 0.1) is 5.82 Å². The smallest absolute Gasteiger partial charge is 0.337 e. The van der Waals surface area contributed by atoms with E-state index in [2.05, 4.69) is 15.0 Å². The lowest BCUT2D eigenvalue weighted by molar-refractivity contribution is 0.0600. The fourth-order valence-electron chi connectivity index (χ4n) is 3.35. The molecule has 2 heterocycles. The normalized spacial score (nSPS) is 10.8. The number of esters is 1. The third-order valence-corrected chi connectivity index (χ3v) is 6.08. The van der Waals surface area contributed by atoms with Gasteiger partial charge in [-0.3, -0.25) is 4.79 Å². The molecule has 0 saturated heterocycles. The van der Waals surface area contributed by atoms with E-state index in [1.165, 1.54) is 37.3 Å². The number of benzene rings is 2. The van der Waals surface area contributed by atoms with E-state index in [0.717, 1.165) is 16.7 Å². The van der Waals surface area contributed by atoms with E-state index in [-0.39, 0.29) is 11.4 Å². The molecule has 0 unspecified atom stereocenters. The zero-order valence-corrected chi connectivity index (χ0v) is 19.2. The fourth-order valence-corrected chi connectivity index (χ4v) is 4.27. The number of methoxy groups -OCH3 is 1. The predicted molar refractivity (Wildman–Crippen MR) is 126 cm³/mol. The molecule has 0 aliphatic carbocycles. The van der Waals surface area contributed by atoms with Gasteiger partial charge in [0.25, 0.3) is 5.56 Å². The second-order valence-corrected chi connectivity index (χ2v) is 8.45. The van der Waals surface area contributed by atoms with Crippen molar-refractivity contribution in [3.63, 3.8) is 0 Å². The molecule has 2 aromatic carbocycles. The molecule has 4 aromatic rings. The topological polar surface area (TPSA) is 87.0 Å². The summed E-state index contributed by atoms with van der Waals surface area (Å²) in [6.07, 6.45) is 6.88. The van der Waals surface area contributed by atoms with Crippen LogP contribution in [0.4, 0.5) is 4.39 Å². The quantitative estimate of drug-likeness (QED) is 0.217. The second kappa shape index (κ2) is 10.8. The molecule has 0 fully saturated rings. The first kappa shape index (κ1) is 23.3. The number of aromatic nitrogens is 4. The molecule has 0 atom stereocenters. The molecule has 0 aliphatic heterocycles. The van der Waals surface area contributed by atoms with Gasteiger partial charge in [-0.05, 0) is 41.0 Å². The summed E-state index contributed by atoms with van der Waals surface area (Å²) >= 11 is 1.38. The summed E-state index contributed by atoms with van der Waals surface area (Å²) in [6.45, 7) is 0.391. The van der Waals surface area contributed by atoms with Gasteiger partial charge in [0, 0.05) is 42.9 Å². The SMILES string of the molecule is COC(=O)c1cccc(Cn2cc(Cc3cncnc3)c(=O)nc2SCc2ccc(F)cc2)c1. The zero-order valence-electron chi connectivity index (χ0n) is 18.3. The van der Waals surface area contributed by atoms with Crippen LogP contribution < -0.4 is 5.56 Å². The van der Waals surface area contributed by atoms with Gasteiger partial charge in [-0.2, -0.15) is 4.98 Å². The molecule has 0 aliphatic rings. The van der Waals surface area contributed by atoms with Crippen molar-refractivity contribution in [2.75, 3.05) is 7.11 Å². The van der Waals surface area contributed by atoms with E-state index in [9.17, 15) is 14.0 Å². The molecule has 0 radical (unpaired) electrons. The van der Waals surface area contributed by atoms with Gasteiger partial charge in [-0.1, -0.05) is 36.0 Å². The van der Waals surface area contributed by atoms with Crippen LogP contribution >= 0.6 is 11.8 Å². The second-order valence-electron chi connectivity index (χ2n) is 7.51. The molecular formula is C25H21FN4O3S. The lowest BCUT2D eigenvalue weighted by atomic mass is 10.1. The van der Waals surface area contributed by atoms with Crippen LogP contribution in [-0.4, -0.2) is 32.6 Å². The fraction of sp³-hybridized carbons (Fsp3) is 0.160. The van der Waals surface area contributed by atoms with Crippen molar-refractivity contribution in [2.45, 2.75) is 23.9 Å². The third-order valence-electron chi connectivity index (χ3n) is 5.02. The van der Waals surface area contributed by atoms with E-state index >= 15 is 0 Å². The van der Waals surface area contributed by atoms with E-state index in [1.807, 2.05) is 10.6 Å². The Hall–Kier alpha value is -3.85. The van der Waals surface area contributed by atoms with Gasteiger partial charge in [0.1, 0.15) is 12.1 Å². The number of carbonyl (C=O) groups excluding carboxylic acids is 1. The van der Waals surface area contributed by atoms with E-state index in [0.29, 0.717) is 35.0 Å². The number of nitrogens with zero attached hydrogens (tertiary/aromatic N) is 4. The first-order chi connectivity index (χ1) is 16.5. The van der Waals surface area contributed by atoms with Gasteiger partial charge >= 0.3 is 5.97 Å². The average Bonchev–Trinajstić information content (AvgIpc) is 2.86. The Bertz CT molecular complexity index is 1340. The van der Waals surface area contributed by atoms with E-state index in [4.69, 9.17) is 4.74 Å². The van der Waals surface area contributed by atoms with Crippen LogP contribution in [0.15, 0.2) is 83.4 Å². The minimum Gasteiger partial charge on any atom is -0.465 e. The molecule has 0 N–H and O–H groups in total. The molecule has 9 heteroatoms. The van der Waals surface area contributed by atoms with E-state index < -0.39 is 5.97 Å². The minimum absolute atomic E-state index is 0.302. The lowest BCUT2D eigenvalue weighted by Gasteiger charge is -2.14. The summed E-state index contributed by atoms with van der Waals surface area (Å²) in [5, 5.41) is 0.519. The molecule has 0 saturated carbocycles. The first-order valence-corrected chi connectivity index (χ1v) is 11.4. The van der Waals surface area contributed by atoms with Crippen molar-refractivity contribution in [1.82, 2.24) is 19.5 Å². The van der Waals surface area contributed by atoms with Crippen LogP contribution in [0.1, 0.15) is 32.6 Å². The van der Waals surface area contributed by atoms with Crippen LogP contribution in [0.3, 0.4) is 0 Å². The maximum absolute atomic E-state index is 13.2. The highest BCUT2D eigenvalue weighted by Crippen LogP contribution is 2.22. The Morgan fingerprint density at radius 3 is 2.56 bits per heavy atom. The van der Waals surface area contributed by atoms with Crippen LogP contribution in [0.25, 0.3) is 0 Å². The highest BCUT2D eigenvalue weighted by molar-refractivity contribution is 7.98. The van der Waals surface area contributed by atoms with Gasteiger partial charge in [0.2, 0.25) is 0 Å². The van der Waals surface area contributed by atoms with Crippen molar-refractivity contribution in [1.29, 1.82) is 0 Å². The standard InChI is InChI=1S/C25H21FN4O3S/c1-33-24(32)20-4-2-3-18(9-20)13-30-14-21(10-19-11-27-16-28-12-19)23(31)29-25(30)34-15-17-5-7-22(26)8-6-17/h2-9,11-12,14,16H,10,13,15H2,1H3. The molecule has 7 nitrogen and oxygen atoms in total. The number of ether oxygens (including phenoxy) is 1. The van der Waals surface area contributed by atoms with E-state index in [1.54, 1.807) is 48.9 Å². The first-order valence-electron chi connectivity index (χ1n) is 10.4. The molecule has 0 bridgehead atoms. The summed E-state index contributed by atoms with van der Waals surface area (Å²) in [5.74, 6) is -0.208. The molecule has 34 heavy (non-hydrogen) atoms. The number of hydrogen-bond acceptors (Lipinski definition) is 7. The molecular weight excluding hydrogens is 455 g/mol. The monoisotopic (exact) mass is 476 g/mol. The number of halogens is 1.